The number of hydrogen-bond acceptors (Lipinski definition) is 7. The lowest BCUT2D eigenvalue weighted by Gasteiger charge is -2.15. The lowest BCUT2D eigenvalue weighted by Crippen LogP contribution is -2.32. The summed E-state index contributed by atoms with van der Waals surface area (Å²) >= 11 is 12.9. The molecule has 0 aliphatic carbocycles. The molecule has 0 bridgehead atoms. The molecule has 1 aliphatic heterocycles. The fourth-order valence-corrected chi connectivity index (χ4v) is 4.96. The molecule has 0 radical (unpaired) electrons. The van der Waals surface area contributed by atoms with Crippen molar-refractivity contribution >= 4 is 72.9 Å². The molecule has 0 unspecified atom stereocenters. The lowest BCUT2D eigenvalue weighted by atomic mass is 10.2. The highest BCUT2D eigenvalue weighted by atomic mass is 35.5. The molecule has 1 aliphatic rings. The van der Waals surface area contributed by atoms with E-state index in [4.69, 9.17) is 23.2 Å². The van der Waals surface area contributed by atoms with Crippen LogP contribution in [0.2, 0.25) is 5.02 Å². The third kappa shape index (κ3) is 4.19. The number of nitrogens with zero attached hydrogens (tertiary/aromatic N) is 2. The molecule has 0 spiro atoms. The molecule has 0 atom stereocenters. The van der Waals surface area contributed by atoms with Crippen LogP contribution in [-0.2, 0) is 19.6 Å². The summed E-state index contributed by atoms with van der Waals surface area (Å²) in [7, 11) is -3.85. The number of hydrogen-bond donors (Lipinski definition) is 2. The number of halogens is 3. The summed E-state index contributed by atoms with van der Waals surface area (Å²) in [5.74, 6) is -2.29. The number of thiazole rings is 1. The van der Waals surface area contributed by atoms with Crippen molar-refractivity contribution in [3.05, 3.63) is 75.6 Å². The summed E-state index contributed by atoms with van der Waals surface area (Å²) in [6.45, 7) is 0. The summed E-state index contributed by atoms with van der Waals surface area (Å²) in [6, 6.07) is 8.81. The van der Waals surface area contributed by atoms with Gasteiger partial charge >= 0.3 is 0 Å². The number of anilines is 3. The van der Waals surface area contributed by atoms with Crippen LogP contribution in [-0.4, -0.2) is 25.2 Å². The molecule has 4 rings (SSSR count). The topological polar surface area (TPSA) is 108 Å². The molecule has 3 aromatic rings. The zero-order valence-electron chi connectivity index (χ0n) is 15.7. The molecule has 32 heavy (non-hydrogen) atoms. The highest BCUT2D eigenvalue weighted by Crippen LogP contribution is 2.32. The SMILES string of the molecule is O=C1C(Cl)=C(Nc2ccc(S(=O)(=O)Nc3nccs3)cc2)C(=O)N1c1ccc(F)c(Cl)c1. The van der Waals surface area contributed by atoms with Crippen molar-refractivity contribution in [2.75, 3.05) is 14.9 Å². The number of carbonyl (C=O) groups is 2. The summed E-state index contributed by atoms with van der Waals surface area (Å²) in [6.07, 6.45) is 1.47. The van der Waals surface area contributed by atoms with Crippen LogP contribution in [0.15, 0.2) is 69.7 Å². The number of amides is 2. The van der Waals surface area contributed by atoms with E-state index in [2.05, 4.69) is 15.0 Å². The number of nitrogens with one attached hydrogen (secondary N) is 2. The Labute approximate surface area is 195 Å². The molecule has 13 heteroatoms. The van der Waals surface area contributed by atoms with E-state index in [0.717, 1.165) is 28.4 Å². The molecule has 0 fully saturated rings. The normalized spacial score (nSPS) is 14.3. The Morgan fingerprint density at radius 3 is 2.38 bits per heavy atom. The summed E-state index contributed by atoms with van der Waals surface area (Å²) in [5.41, 5.74) is 0.149. The second-order valence-electron chi connectivity index (χ2n) is 6.33. The van der Waals surface area contributed by atoms with Gasteiger partial charge in [-0.3, -0.25) is 14.3 Å². The maximum Gasteiger partial charge on any atom is 0.283 e. The zero-order valence-corrected chi connectivity index (χ0v) is 18.8. The Morgan fingerprint density at radius 1 is 1.03 bits per heavy atom. The van der Waals surface area contributed by atoms with E-state index in [9.17, 15) is 22.4 Å². The van der Waals surface area contributed by atoms with Crippen molar-refractivity contribution < 1.29 is 22.4 Å². The van der Waals surface area contributed by atoms with Crippen molar-refractivity contribution in [3.8, 4) is 0 Å². The van der Waals surface area contributed by atoms with Gasteiger partial charge in [-0.05, 0) is 42.5 Å². The third-order valence-corrected chi connectivity index (χ3v) is 7.09. The van der Waals surface area contributed by atoms with E-state index in [1.54, 1.807) is 5.38 Å². The number of carbonyl (C=O) groups excluding carboxylic acids is 2. The van der Waals surface area contributed by atoms with E-state index >= 15 is 0 Å². The fourth-order valence-electron chi connectivity index (χ4n) is 2.78. The van der Waals surface area contributed by atoms with Crippen LogP contribution in [0, 0.1) is 5.82 Å². The summed E-state index contributed by atoms with van der Waals surface area (Å²) in [4.78, 5) is 29.9. The van der Waals surface area contributed by atoms with Crippen LogP contribution in [0.4, 0.5) is 20.9 Å². The fraction of sp³-hybridized carbons (Fsp3) is 0. The largest absolute Gasteiger partial charge is 0.350 e. The van der Waals surface area contributed by atoms with Crippen molar-refractivity contribution in [1.82, 2.24) is 4.98 Å². The molecule has 2 amide bonds. The lowest BCUT2D eigenvalue weighted by molar-refractivity contribution is -0.120. The minimum Gasteiger partial charge on any atom is -0.350 e. The van der Waals surface area contributed by atoms with Crippen LogP contribution in [0.3, 0.4) is 0 Å². The van der Waals surface area contributed by atoms with E-state index in [0.29, 0.717) is 5.69 Å². The number of sulfonamides is 1. The van der Waals surface area contributed by atoms with Gasteiger partial charge in [-0.2, -0.15) is 0 Å². The first-order valence-electron chi connectivity index (χ1n) is 8.70. The minimum absolute atomic E-state index is 0.0327. The van der Waals surface area contributed by atoms with Crippen LogP contribution in [0.25, 0.3) is 0 Å². The molecule has 2 heterocycles. The average molecular weight is 513 g/mol. The first-order valence-corrected chi connectivity index (χ1v) is 11.8. The number of aromatic nitrogens is 1. The van der Waals surface area contributed by atoms with Gasteiger partial charge in [0.15, 0.2) is 5.13 Å². The summed E-state index contributed by atoms with van der Waals surface area (Å²) in [5, 5.41) is 3.94. The van der Waals surface area contributed by atoms with Gasteiger partial charge in [0.1, 0.15) is 16.5 Å². The van der Waals surface area contributed by atoms with Gasteiger partial charge in [0.25, 0.3) is 21.8 Å². The zero-order chi connectivity index (χ0) is 23.0. The molecular formula is C19H11Cl2FN4O4S2. The van der Waals surface area contributed by atoms with Gasteiger partial charge in [0.2, 0.25) is 0 Å². The minimum atomic E-state index is -3.85. The van der Waals surface area contributed by atoms with Crippen LogP contribution < -0.4 is 14.9 Å². The number of imide groups is 1. The van der Waals surface area contributed by atoms with E-state index < -0.39 is 27.7 Å². The molecular weight excluding hydrogens is 502 g/mol. The van der Waals surface area contributed by atoms with Gasteiger partial charge < -0.3 is 5.32 Å². The predicted molar refractivity (Wildman–Crippen MR) is 120 cm³/mol. The smallest absolute Gasteiger partial charge is 0.283 e. The molecule has 8 nitrogen and oxygen atoms in total. The maximum atomic E-state index is 13.4. The van der Waals surface area contributed by atoms with Gasteiger partial charge in [-0.1, -0.05) is 23.2 Å². The third-order valence-electron chi connectivity index (χ3n) is 4.28. The van der Waals surface area contributed by atoms with Crippen LogP contribution in [0.1, 0.15) is 0 Å². The Bertz CT molecular complexity index is 1360. The van der Waals surface area contributed by atoms with Crippen molar-refractivity contribution in [1.29, 1.82) is 0 Å². The van der Waals surface area contributed by atoms with Gasteiger partial charge in [0.05, 0.1) is 15.6 Å². The van der Waals surface area contributed by atoms with Crippen LogP contribution in [0.5, 0.6) is 0 Å². The first-order chi connectivity index (χ1) is 15.2. The summed E-state index contributed by atoms with van der Waals surface area (Å²) < 4.78 is 40.6. The quantitative estimate of drug-likeness (QED) is 0.479. The number of benzene rings is 2. The molecule has 2 aromatic carbocycles. The van der Waals surface area contributed by atoms with Crippen molar-refractivity contribution in [2.45, 2.75) is 4.90 Å². The van der Waals surface area contributed by atoms with Crippen LogP contribution >= 0.6 is 34.5 Å². The highest BCUT2D eigenvalue weighted by Gasteiger charge is 2.39. The molecule has 2 N–H and O–H groups in total. The standard InChI is InChI=1S/C19H11Cl2FN4O4S2/c20-13-9-11(3-6-14(13)22)26-17(27)15(21)16(18(26)28)24-10-1-4-12(5-2-10)32(29,30)25-19-23-7-8-31-19/h1-9,24H,(H,23,25). The van der Waals surface area contributed by atoms with Gasteiger partial charge in [0, 0.05) is 17.3 Å². The molecule has 164 valence electrons. The Morgan fingerprint density at radius 2 is 1.75 bits per heavy atom. The average Bonchev–Trinajstić information content (AvgIpc) is 3.33. The first kappa shape index (κ1) is 22.2. The Kier molecular flexibility index (Phi) is 5.91. The Balaban J connectivity index is 1.54. The van der Waals surface area contributed by atoms with E-state index in [1.807, 2.05) is 0 Å². The molecule has 0 saturated heterocycles. The maximum absolute atomic E-state index is 13.4. The molecule has 0 saturated carbocycles. The molecule has 1 aromatic heterocycles. The van der Waals surface area contributed by atoms with Crippen molar-refractivity contribution in [2.24, 2.45) is 0 Å². The predicted octanol–water partition coefficient (Wildman–Crippen LogP) is 4.17. The van der Waals surface area contributed by atoms with E-state index in [-0.39, 0.29) is 31.5 Å². The number of rotatable bonds is 6. The van der Waals surface area contributed by atoms with E-state index in [1.165, 1.54) is 36.5 Å². The highest BCUT2D eigenvalue weighted by molar-refractivity contribution is 7.93. The Hall–Kier alpha value is -2.99. The second kappa shape index (κ2) is 8.51. The second-order valence-corrected chi connectivity index (χ2v) is 9.69. The monoisotopic (exact) mass is 512 g/mol. The van der Waals surface area contributed by atoms with Crippen molar-refractivity contribution in [3.63, 3.8) is 0 Å². The van der Waals surface area contributed by atoms with Gasteiger partial charge in [-0.15, -0.1) is 11.3 Å². The van der Waals surface area contributed by atoms with Gasteiger partial charge in [-0.25, -0.2) is 22.7 Å².